The van der Waals surface area contributed by atoms with Gasteiger partial charge in [-0.15, -0.1) is 5.73 Å². The fourth-order valence-corrected chi connectivity index (χ4v) is 5.28. The summed E-state index contributed by atoms with van der Waals surface area (Å²) in [7, 11) is -3.92. The second kappa shape index (κ2) is 12.5. The molecular formula is C30H25Cl2NO5S. The number of carbonyl (C=O) groups is 1. The number of ether oxygens (including phenoxy) is 1. The van der Waals surface area contributed by atoms with Crippen molar-refractivity contribution < 1.29 is 23.1 Å². The molecule has 4 rings (SSSR count). The van der Waals surface area contributed by atoms with Crippen LogP contribution in [-0.2, 0) is 14.8 Å². The SMILES string of the molecule is CC(C(=O)O)C(CNS(=O)(=O)c1ccc(C2=CC=C(Cl)C=C=C2)cc1)c1cccc(Oc2ccc(Cl)cc2)c1. The van der Waals surface area contributed by atoms with Gasteiger partial charge in [-0.1, -0.05) is 60.5 Å². The van der Waals surface area contributed by atoms with Gasteiger partial charge in [-0.3, -0.25) is 4.79 Å². The lowest BCUT2D eigenvalue weighted by molar-refractivity contribution is -0.141. The molecule has 0 aromatic heterocycles. The van der Waals surface area contributed by atoms with Crippen molar-refractivity contribution in [3.8, 4) is 11.5 Å². The Morgan fingerprint density at radius 3 is 2.38 bits per heavy atom. The molecule has 2 unspecified atom stereocenters. The molecule has 1 aliphatic rings. The average molecular weight is 583 g/mol. The molecular weight excluding hydrogens is 557 g/mol. The molecule has 3 aromatic rings. The molecule has 9 heteroatoms. The average Bonchev–Trinajstić information content (AvgIpc) is 3.14. The Labute approximate surface area is 237 Å². The molecule has 0 amide bonds. The zero-order valence-electron chi connectivity index (χ0n) is 20.8. The van der Waals surface area contributed by atoms with Crippen LogP contribution in [0.3, 0.4) is 0 Å². The zero-order chi connectivity index (χ0) is 28.0. The third kappa shape index (κ3) is 7.51. The molecule has 2 N–H and O–H groups in total. The van der Waals surface area contributed by atoms with Crippen LogP contribution < -0.4 is 9.46 Å². The van der Waals surface area contributed by atoms with E-state index in [2.05, 4.69) is 10.5 Å². The van der Waals surface area contributed by atoms with Crippen molar-refractivity contribution in [2.75, 3.05) is 6.54 Å². The highest BCUT2D eigenvalue weighted by Gasteiger charge is 2.28. The third-order valence-corrected chi connectivity index (χ3v) is 8.13. The summed E-state index contributed by atoms with van der Waals surface area (Å²) in [5.41, 5.74) is 5.22. The van der Waals surface area contributed by atoms with Crippen LogP contribution in [0.5, 0.6) is 11.5 Å². The van der Waals surface area contributed by atoms with Gasteiger partial charge in [-0.05, 0) is 83.5 Å². The molecule has 1 aliphatic carbocycles. The molecule has 6 nitrogen and oxygen atoms in total. The van der Waals surface area contributed by atoms with Crippen LogP contribution >= 0.6 is 23.2 Å². The molecule has 0 heterocycles. The minimum Gasteiger partial charge on any atom is -0.481 e. The van der Waals surface area contributed by atoms with Gasteiger partial charge in [0.15, 0.2) is 0 Å². The molecule has 0 saturated heterocycles. The van der Waals surface area contributed by atoms with E-state index in [0.29, 0.717) is 27.1 Å². The van der Waals surface area contributed by atoms with E-state index >= 15 is 0 Å². The molecule has 2 atom stereocenters. The first-order valence-corrected chi connectivity index (χ1v) is 14.2. The summed E-state index contributed by atoms with van der Waals surface area (Å²) in [6, 6.07) is 20.2. The minimum atomic E-state index is -3.92. The third-order valence-electron chi connectivity index (χ3n) is 6.20. The molecule has 39 heavy (non-hydrogen) atoms. The predicted octanol–water partition coefficient (Wildman–Crippen LogP) is 7.15. The van der Waals surface area contributed by atoms with Crippen molar-refractivity contribution in [3.05, 3.63) is 124 Å². The van der Waals surface area contributed by atoms with E-state index in [-0.39, 0.29) is 11.4 Å². The number of carboxylic acid groups (broad SMARTS) is 1. The van der Waals surface area contributed by atoms with Crippen molar-refractivity contribution in [2.24, 2.45) is 5.92 Å². The van der Waals surface area contributed by atoms with Gasteiger partial charge in [-0.25, -0.2) is 13.1 Å². The van der Waals surface area contributed by atoms with Crippen molar-refractivity contribution in [3.63, 3.8) is 0 Å². The zero-order valence-corrected chi connectivity index (χ0v) is 23.2. The van der Waals surface area contributed by atoms with Crippen molar-refractivity contribution in [2.45, 2.75) is 17.7 Å². The number of rotatable bonds is 10. The van der Waals surface area contributed by atoms with Crippen LogP contribution in [0.2, 0.25) is 5.02 Å². The Bertz CT molecular complexity index is 1590. The Kier molecular flexibility index (Phi) is 9.12. The van der Waals surface area contributed by atoms with Crippen LogP contribution in [0.1, 0.15) is 24.0 Å². The van der Waals surface area contributed by atoms with Gasteiger partial charge in [0, 0.05) is 22.5 Å². The maximum Gasteiger partial charge on any atom is 0.306 e. The predicted molar refractivity (Wildman–Crippen MR) is 154 cm³/mol. The highest BCUT2D eigenvalue weighted by atomic mass is 35.5. The second-order valence-electron chi connectivity index (χ2n) is 8.87. The van der Waals surface area contributed by atoms with E-state index in [9.17, 15) is 18.3 Å². The van der Waals surface area contributed by atoms with Gasteiger partial charge in [0.1, 0.15) is 11.5 Å². The Balaban J connectivity index is 1.52. The lowest BCUT2D eigenvalue weighted by Gasteiger charge is -2.22. The molecule has 0 spiro atoms. The van der Waals surface area contributed by atoms with Crippen LogP contribution in [0.4, 0.5) is 0 Å². The largest absolute Gasteiger partial charge is 0.481 e. The lowest BCUT2D eigenvalue weighted by Crippen LogP contribution is -2.33. The van der Waals surface area contributed by atoms with Crippen molar-refractivity contribution in [1.82, 2.24) is 4.72 Å². The number of benzene rings is 3. The Morgan fingerprint density at radius 1 is 0.974 bits per heavy atom. The summed E-state index contributed by atoms with van der Waals surface area (Å²) >= 11 is 11.9. The lowest BCUT2D eigenvalue weighted by atomic mass is 9.87. The van der Waals surface area contributed by atoms with Gasteiger partial charge in [-0.2, -0.15) is 0 Å². The molecule has 0 bridgehead atoms. The fourth-order valence-electron chi connectivity index (χ4n) is 3.97. The molecule has 0 fully saturated rings. The summed E-state index contributed by atoms with van der Waals surface area (Å²) in [5, 5.41) is 10.8. The minimum absolute atomic E-state index is 0.0649. The summed E-state index contributed by atoms with van der Waals surface area (Å²) in [5.74, 6) is -1.52. The standard InChI is InChI=1S/C30H25Cl2NO5S/c1-20(30(34)35)29(23-5-3-7-27(18-23)38-26-14-12-25(32)13-15-26)19-33-39(36,37)28-16-9-22(10-17-28)21-4-2-6-24(31)11-8-21/h3-18,20,29,33H,19H2,1H3,(H,34,35). The van der Waals surface area contributed by atoms with E-state index in [4.69, 9.17) is 27.9 Å². The first-order chi connectivity index (χ1) is 18.6. The molecule has 0 aliphatic heterocycles. The van der Waals surface area contributed by atoms with E-state index < -0.39 is 27.8 Å². The van der Waals surface area contributed by atoms with Gasteiger partial charge in [0.05, 0.1) is 10.8 Å². The molecule has 0 radical (unpaired) electrons. The van der Waals surface area contributed by atoms with Crippen LogP contribution in [-0.4, -0.2) is 26.0 Å². The number of carboxylic acids is 1. The fraction of sp³-hybridized carbons (Fsp3) is 0.133. The van der Waals surface area contributed by atoms with Crippen molar-refractivity contribution >= 4 is 44.8 Å². The van der Waals surface area contributed by atoms with Crippen LogP contribution in [0.25, 0.3) is 5.57 Å². The van der Waals surface area contributed by atoms with Gasteiger partial charge < -0.3 is 9.84 Å². The number of allylic oxidation sites excluding steroid dienone is 5. The van der Waals surface area contributed by atoms with E-state index in [1.54, 1.807) is 85.8 Å². The smallest absolute Gasteiger partial charge is 0.306 e. The number of aliphatic carboxylic acids is 1. The molecule has 3 aromatic carbocycles. The Hall–Kier alpha value is -3.58. The summed E-state index contributed by atoms with van der Waals surface area (Å²) in [6.45, 7) is 1.43. The van der Waals surface area contributed by atoms with Gasteiger partial charge in [0.2, 0.25) is 10.0 Å². The topological polar surface area (TPSA) is 92.7 Å². The normalized spacial score (nSPS) is 14.6. The maximum absolute atomic E-state index is 13.1. The van der Waals surface area contributed by atoms with Gasteiger partial charge >= 0.3 is 5.97 Å². The first-order valence-electron chi connectivity index (χ1n) is 12.0. The summed E-state index contributed by atoms with van der Waals surface area (Å²) in [6.07, 6.45) is 6.96. The van der Waals surface area contributed by atoms with Crippen molar-refractivity contribution in [1.29, 1.82) is 0 Å². The van der Waals surface area contributed by atoms with E-state index in [1.807, 2.05) is 6.08 Å². The quantitative estimate of drug-likeness (QED) is 0.248. The number of hydrogen-bond donors (Lipinski definition) is 2. The maximum atomic E-state index is 13.1. The summed E-state index contributed by atoms with van der Waals surface area (Å²) in [4.78, 5) is 12.0. The first kappa shape index (κ1) is 28.4. The number of halogens is 2. The van der Waals surface area contributed by atoms with Gasteiger partial charge in [0.25, 0.3) is 0 Å². The van der Waals surface area contributed by atoms with E-state index in [1.165, 1.54) is 12.1 Å². The highest BCUT2D eigenvalue weighted by molar-refractivity contribution is 7.89. The molecule has 0 saturated carbocycles. The van der Waals surface area contributed by atoms with Crippen LogP contribution in [0, 0.1) is 5.92 Å². The second-order valence-corrected chi connectivity index (χ2v) is 11.5. The number of sulfonamides is 1. The monoisotopic (exact) mass is 581 g/mol. The number of nitrogens with one attached hydrogen (secondary N) is 1. The van der Waals surface area contributed by atoms with Crippen LogP contribution in [0.15, 0.2) is 113 Å². The summed E-state index contributed by atoms with van der Waals surface area (Å²) < 4.78 is 34.7. The van der Waals surface area contributed by atoms with E-state index in [0.717, 1.165) is 11.1 Å². The highest BCUT2D eigenvalue weighted by Crippen LogP contribution is 2.30. The Morgan fingerprint density at radius 2 is 1.69 bits per heavy atom. The molecule has 200 valence electrons. The number of hydrogen-bond acceptors (Lipinski definition) is 4.